The third-order valence-electron chi connectivity index (χ3n) is 2.69. The van der Waals surface area contributed by atoms with Crippen LogP contribution < -0.4 is 5.32 Å². The van der Waals surface area contributed by atoms with Crippen LogP contribution >= 0.6 is 11.8 Å². The molecule has 0 aliphatic carbocycles. The van der Waals surface area contributed by atoms with Crippen molar-refractivity contribution in [3.8, 4) is 0 Å². The molecule has 2 aliphatic heterocycles. The van der Waals surface area contributed by atoms with Gasteiger partial charge in [-0.25, -0.2) is 9.98 Å². The number of nitrogens with zero attached hydrogens (tertiary/aromatic N) is 3. The first kappa shape index (κ1) is 11.0. The van der Waals surface area contributed by atoms with E-state index in [0.717, 1.165) is 38.6 Å². The fourth-order valence-electron chi connectivity index (χ4n) is 1.83. The van der Waals surface area contributed by atoms with E-state index in [0.29, 0.717) is 5.37 Å². The lowest BCUT2D eigenvalue weighted by molar-refractivity contribution is 0.352. The summed E-state index contributed by atoms with van der Waals surface area (Å²) in [6.07, 6.45) is 3.11. The van der Waals surface area contributed by atoms with E-state index in [-0.39, 0.29) is 0 Å². The number of rotatable bonds is 1. The van der Waals surface area contributed by atoms with Gasteiger partial charge in [0.25, 0.3) is 0 Å². The summed E-state index contributed by atoms with van der Waals surface area (Å²) < 4.78 is 0. The Labute approximate surface area is 95.2 Å². The zero-order chi connectivity index (χ0) is 10.7. The molecule has 0 saturated carbocycles. The zero-order valence-corrected chi connectivity index (χ0v) is 10.2. The Morgan fingerprint density at radius 1 is 1.40 bits per heavy atom. The molecule has 1 saturated heterocycles. The van der Waals surface area contributed by atoms with Crippen LogP contribution in [-0.4, -0.2) is 54.4 Å². The first-order valence-corrected chi connectivity index (χ1v) is 6.69. The van der Waals surface area contributed by atoms with Crippen molar-refractivity contribution in [1.82, 2.24) is 10.2 Å². The summed E-state index contributed by atoms with van der Waals surface area (Å²) in [7, 11) is 0. The van der Waals surface area contributed by atoms with Gasteiger partial charge >= 0.3 is 0 Å². The highest BCUT2D eigenvalue weighted by Crippen LogP contribution is 2.18. The van der Waals surface area contributed by atoms with Crippen LogP contribution in [0.2, 0.25) is 0 Å². The Balaban J connectivity index is 2.08. The second-order valence-electron chi connectivity index (χ2n) is 3.91. The minimum Gasteiger partial charge on any atom is -0.339 e. The van der Waals surface area contributed by atoms with Gasteiger partial charge in [0.05, 0.1) is 0 Å². The summed E-state index contributed by atoms with van der Waals surface area (Å²) in [5.74, 6) is 0.944. The molecule has 2 aliphatic rings. The van der Waals surface area contributed by atoms with E-state index in [9.17, 15) is 0 Å². The van der Waals surface area contributed by atoms with Crippen molar-refractivity contribution in [2.24, 2.45) is 9.98 Å². The smallest absolute Gasteiger partial charge is 0.221 e. The fourth-order valence-corrected chi connectivity index (χ4v) is 2.43. The van der Waals surface area contributed by atoms with E-state index >= 15 is 0 Å². The standard InChI is InChI=1S/C10H18N4S/c1-8-7-9(15-2)13-10(12-8)14-5-3-11-4-6-14/h9,11H,3-7H2,1-2H3. The second kappa shape index (κ2) is 4.99. The number of nitrogens with one attached hydrogen (secondary N) is 1. The minimum atomic E-state index is 0.368. The predicted molar refractivity (Wildman–Crippen MR) is 66.9 cm³/mol. The van der Waals surface area contributed by atoms with Crippen LogP contribution in [0.3, 0.4) is 0 Å². The van der Waals surface area contributed by atoms with Gasteiger partial charge in [0.1, 0.15) is 5.37 Å². The van der Waals surface area contributed by atoms with E-state index in [2.05, 4.69) is 33.4 Å². The van der Waals surface area contributed by atoms with E-state index in [1.54, 1.807) is 11.8 Å². The van der Waals surface area contributed by atoms with Gasteiger partial charge in [-0.1, -0.05) is 0 Å². The molecule has 0 aromatic carbocycles. The Kier molecular flexibility index (Phi) is 3.64. The first-order chi connectivity index (χ1) is 7.29. The van der Waals surface area contributed by atoms with Crippen molar-refractivity contribution in [3.05, 3.63) is 0 Å². The molecule has 1 unspecified atom stereocenters. The number of hydrogen-bond acceptors (Lipinski definition) is 5. The summed E-state index contributed by atoms with van der Waals surface area (Å²) in [6.45, 7) is 6.22. The molecule has 1 fully saturated rings. The molecule has 15 heavy (non-hydrogen) atoms. The summed E-state index contributed by atoms with van der Waals surface area (Å²) in [5.41, 5.74) is 1.21. The molecule has 84 valence electrons. The molecular weight excluding hydrogens is 208 g/mol. The summed E-state index contributed by atoms with van der Waals surface area (Å²) >= 11 is 1.81. The molecule has 4 nitrogen and oxygen atoms in total. The number of piperazine rings is 1. The van der Waals surface area contributed by atoms with E-state index in [1.807, 2.05) is 0 Å². The molecule has 1 N–H and O–H groups in total. The predicted octanol–water partition coefficient (Wildman–Crippen LogP) is 0.801. The maximum atomic E-state index is 4.66. The van der Waals surface area contributed by atoms with Gasteiger partial charge < -0.3 is 10.2 Å². The molecule has 2 heterocycles. The molecule has 1 atom stereocenters. The Morgan fingerprint density at radius 2 is 2.13 bits per heavy atom. The number of hydrogen-bond donors (Lipinski definition) is 1. The van der Waals surface area contributed by atoms with Gasteiger partial charge in [0.15, 0.2) is 0 Å². The Morgan fingerprint density at radius 3 is 2.80 bits per heavy atom. The van der Waals surface area contributed by atoms with Crippen LogP contribution in [0.1, 0.15) is 13.3 Å². The van der Waals surface area contributed by atoms with E-state index < -0.39 is 0 Å². The quantitative estimate of drug-likeness (QED) is 0.719. The number of guanidine groups is 1. The molecule has 0 aromatic rings. The highest BCUT2D eigenvalue weighted by atomic mass is 32.2. The second-order valence-corrected chi connectivity index (χ2v) is 4.92. The van der Waals surface area contributed by atoms with Crippen molar-refractivity contribution in [2.75, 3.05) is 32.4 Å². The summed E-state index contributed by atoms with van der Waals surface area (Å²) in [6, 6.07) is 0. The maximum Gasteiger partial charge on any atom is 0.221 e. The van der Waals surface area contributed by atoms with E-state index in [1.165, 1.54) is 5.71 Å². The van der Waals surface area contributed by atoms with Gasteiger partial charge in [-0.05, 0) is 13.2 Å². The topological polar surface area (TPSA) is 40.0 Å². The molecule has 5 heteroatoms. The lowest BCUT2D eigenvalue weighted by atomic mass is 10.2. The highest BCUT2D eigenvalue weighted by molar-refractivity contribution is 7.99. The van der Waals surface area contributed by atoms with Gasteiger partial charge in [-0.3, -0.25) is 0 Å². The van der Waals surface area contributed by atoms with Gasteiger partial charge in [0, 0.05) is 38.3 Å². The van der Waals surface area contributed by atoms with Crippen LogP contribution in [0, 0.1) is 0 Å². The van der Waals surface area contributed by atoms with Crippen LogP contribution in [0.4, 0.5) is 0 Å². The van der Waals surface area contributed by atoms with Crippen molar-refractivity contribution < 1.29 is 0 Å². The Bertz CT molecular complexity index is 281. The molecule has 2 rings (SSSR count). The largest absolute Gasteiger partial charge is 0.339 e. The van der Waals surface area contributed by atoms with E-state index in [4.69, 9.17) is 0 Å². The first-order valence-electron chi connectivity index (χ1n) is 5.40. The number of aliphatic imine (C=N–C) groups is 2. The molecule has 0 radical (unpaired) electrons. The maximum absolute atomic E-state index is 4.66. The van der Waals surface area contributed by atoms with Gasteiger partial charge in [-0.15, -0.1) is 11.8 Å². The summed E-state index contributed by atoms with van der Waals surface area (Å²) in [4.78, 5) is 11.5. The molecule has 0 bridgehead atoms. The average molecular weight is 226 g/mol. The lowest BCUT2D eigenvalue weighted by Gasteiger charge is -2.30. The average Bonchev–Trinajstić information content (AvgIpc) is 2.29. The van der Waals surface area contributed by atoms with Gasteiger partial charge in [0.2, 0.25) is 5.96 Å². The third kappa shape index (κ3) is 2.72. The Hall–Kier alpha value is -0.550. The van der Waals surface area contributed by atoms with Crippen LogP contribution in [0.25, 0.3) is 0 Å². The SMILES string of the molecule is CSC1CC(C)=NC(N2CCNCC2)=N1. The summed E-state index contributed by atoms with van der Waals surface area (Å²) in [5, 5.41) is 3.71. The zero-order valence-electron chi connectivity index (χ0n) is 9.36. The fraction of sp³-hybridized carbons (Fsp3) is 0.800. The normalized spacial score (nSPS) is 27.3. The van der Waals surface area contributed by atoms with Gasteiger partial charge in [-0.2, -0.15) is 0 Å². The minimum absolute atomic E-state index is 0.368. The lowest BCUT2D eigenvalue weighted by Crippen LogP contribution is -2.47. The van der Waals surface area contributed by atoms with Crippen molar-refractivity contribution in [3.63, 3.8) is 0 Å². The van der Waals surface area contributed by atoms with Crippen molar-refractivity contribution >= 4 is 23.4 Å². The monoisotopic (exact) mass is 226 g/mol. The molecular formula is C10H18N4S. The van der Waals surface area contributed by atoms with Crippen LogP contribution in [0.5, 0.6) is 0 Å². The molecule has 0 aromatic heterocycles. The highest BCUT2D eigenvalue weighted by Gasteiger charge is 2.20. The van der Waals surface area contributed by atoms with Crippen molar-refractivity contribution in [1.29, 1.82) is 0 Å². The molecule has 0 amide bonds. The van der Waals surface area contributed by atoms with Crippen LogP contribution in [0.15, 0.2) is 9.98 Å². The third-order valence-corrected chi connectivity index (χ3v) is 3.51. The molecule has 0 spiro atoms. The van der Waals surface area contributed by atoms with Crippen LogP contribution in [-0.2, 0) is 0 Å². The van der Waals surface area contributed by atoms with Crippen molar-refractivity contribution in [2.45, 2.75) is 18.7 Å². The number of thioether (sulfide) groups is 1.